The molecule has 0 aromatic carbocycles. The number of aryl methyl sites for hydroxylation is 1. The summed E-state index contributed by atoms with van der Waals surface area (Å²) in [6, 6.07) is 3.24. The Labute approximate surface area is 97.6 Å². The van der Waals surface area contributed by atoms with Crippen LogP contribution in [0.5, 0.6) is 0 Å². The van der Waals surface area contributed by atoms with Gasteiger partial charge in [-0.2, -0.15) is 0 Å². The van der Waals surface area contributed by atoms with Crippen LogP contribution in [0.2, 0.25) is 0 Å². The van der Waals surface area contributed by atoms with E-state index in [0.717, 1.165) is 0 Å². The third-order valence-corrected chi connectivity index (χ3v) is 2.17. The minimum atomic E-state index is -2.48. The van der Waals surface area contributed by atoms with E-state index in [-0.39, 0.29) is 11.7 Å². The fourth-order valence-electron chi connectivity index (χ4n) is 1.38. The van der Waals surface area contributed by atoms with Crippen LogP contribution in [0, 0.1) is 6.92 Å². The number of oxime groups is 1. The van der Waals surface area contributed by atoms with Gasteiger partial charge in [-0.15, -0.1) is 0 Å². The summed E-state index contributed by atoms with van der Waals surface area (Å²) in [5, 5.41) is 11.5. The van der Waals surface area contributed by atoms with Gasteiger partial charge in [0.05, 0.1) is 12.1 Å². The minimum Gasteiger partial charge on any atom is -0.409 e. The molecule has 0 spiro atoms. The van der Waals surface area contributed by atoms with Gasteiger partial charge in [0, 0.05) is 12.7 Å². The van der Waals surface area contributed by atoms with Gasteiger partial charge in [0.2, 0.25) is 0 Å². The van der Waals surface area contributed by atoms with Crippen molar-refractivity contribution in [1.82, 2.24) is 4.98 Å². The summed E-state index contributed by atoms with van der Waals surface area (Å²) in [6.07, 6.45) is -2.48. The van der Waals surface area contributed by atoms with E-state index < -0.39 is 13.0 Å². The SMILES string of the molecule is Cc1ccc(/C(N)=N/O)c(N(C)CC(F)F)n1. The Balaban J connectivity index is 3.15. The zero-order chi connectivity index (χ0) is 13.0. The maximum Gasteiger partial charge on any atom is 0.255 e. The van der Waals surface area contributed by atoms with Crippen LogP contribution in [0.25, 0.3) is 0 Å². The smallest absolute Gasteiger partial charge is 0.255 e. The summed E-state index contributed by atoms with van der Waals surface area (Å²) in [7, 11) is 1.47. The molecular weight excluding hydrogens is 230 g/mol. The van der Waals surface area contributed by atoms with Gasteiger partial charge in [-0.3, -0.25) is 0 Å². The molecule has 0 unspecified atom stereocenters. The molecule has 0 saturated carbocycles. The number of anilines is 1. The fourth-order valence-corrected chi connectivity index (χ4v) is 1.38. The van der Waals surface area contributed by atoms with Crippen LogP contribution < -0.4 is 10.6 Å². The number of amidine groups is 1. The molecule has 17 heavy (non-hydrogen) atoms. The summed E-state index contributed by atoms with van der Waals surface area (Å²) in [6.45, 7) is 1.26. The standard InChI is InChI=1S/C10H14F2N4O/c1-6-3-4-7(9(13)15-17)10(14-6)16(2)5-8(11)12/h3-4,8,17H,5H2,1-2H3,(H2,13,15). The van der Waals surface area contributed by atoms with E-state index in [2.05, 4.69) is 10.1 Å². The van der Waals surface area contributed by atoms with Crippen LogP contribution in [-0.4, -0.2) is 36.0 Å². The molecule has 0 amide bonds. The van der Waals surface area contributed by atoms with Gasteiger partial charge in [0.15, 0.2) is 5.84 Å². The molecule has 1 heterocycles. The lowest BCUT2D eigenvalue weighted by Gasteiger charge is -2.20. The molecule has 1 aromatic heterocycles. The highest BCUT2D eigenvalue weighted by molar-refractivity contribution is 6.01. The molecule has 3 N–H and O–H groups in total. The van der Waals surface area contributed by atoms with Crippen LogP contribution >= 0.6 is 0 Å². The van der Waals surface area contributed by atoms with Gasteiger partial charge in [0.1, 0.15) is 5.82 Å². The van der Waals surface area contributed by atoms with Gasteiger partial charge in [0.25, 0.3) is 6.43 Å². The molecule has 0 radical (unpaired) electrons. The van der Waals surface area contributed by atoms with Crippen LogP contribution in [0.1, 0.15) is 11.3 Å². The second-order valence-electron chi connectivity index (χ2n) is 3.58. The lowest BCUT2D eigenvalue weighted by Crippen LogP contribution is -2.28. The Morgan fingerprint density at radius 1 is 1.59 bits per heavy atom. The molecule has 0 saturated heterocycles. The van der Waals surface area contributed by atoms with Gasteiger partial charge in [-0.25, -0.2) is 13.8 Å². The fraction of sp³-hybridized carbons (Fsp3) is 0.400. The highest BCUT2D eigenvalue weighted by Gasteiger charge is 2.16. The second kappa shape index (κ2) is 5.42. The second-order valence-corrected chi connectivity index (χ2v) is 3.58. The van der Waals surface area contributed by atoms with Crippen LogP contribution in [-0.2, 0) is 0 Å². The lowest BCUT2D eigenvalue weighted by atomic mass is 10.2. The van der Waals surface area contributed by atoms with Gasteiger partial charge in [-0.1, -0.05) is 5.16 Å². The maximum atomic E-state index is 12.3. The highest BCUT2D eigenvalue weighted by Crippen LogP contribution is 2.18. The summed E-state index contributed by atoms with van der Waals surface area (Å²) in [5.41, 5.74) is 6.44. The van der Waals surface area contributed by atoms with E-state index in [1.807, 2.05) is 0 Å². The van der Waals surface area contributed by atoms with E-state index in [9.17, 15) is 8.78 Å². The average molecular weight is 244 g/mol. The summed E-state index contributed by atoms with van der Waals surface area (Å²) in [4.78, 5) is 5.38. The van der Waals surface area contributed by atoms with Gasteiger partial charge >= 0.3 is 0 Å². The van der Waals surface area contributed by atoms with Crippen molar-refractivity contribution in [2.75, 3.05) is 18.5 Å². The van der Waals surface area contributed by atoms with Crippen molar-refractivity contribution in [3.05, 3.63) is 23.4 Å². The number of halogens is 2. The third-order valence-electron chi connectivity index (χ3n) is 2.17. The van der Waals surface area contributed by atoms with Crippen molar-refractivity contribution in [3.63, 3.8) is 0 Å². The quantitative estimate of drug-likeness (QED) is 0.361. The number of nitrogens with zero attached hydrogens (tertiary/aromatic N) is 3. The van der Waals surface area contributed by atoms with Crippen LogP contribution in [0.15, 0.2) is 17.3 Å². The summed E-state index contributed by atoms with van der Waals surface area (Å²) >= 11 is 0. The Bertz CT molecular complexity index is 423. The Hall–Kier alpha value is -1.92. The van der Waals surface area contributed by atoms with Gasteiger partial charge in [-0.05, 0) is 19.1 Å². The third kappa shape index (κ3) is 3.27. The van der Waals surface area contributed by atoms with E-state index in [1.54, 1.807) is 19.1 Å². The van der Waals surface area contributed by atoms with Crippen molar-refractivity contribution in [3.8, 4) is 0 Å². The van der Waals surface area contributed by atoms with Crippen molar-refractivity contribution < 1.29 is 14.0 Å². The first kappa shape index (κ1) is 13.1. The molecule has 0 atom stereocenters. The largest absolute Gasteiger partial charge is 0.409 e. The molecule has 0 bridgehead atoms. The van der Waals surface area contributed by atoms with Crippen molar-refractivity contribution in [2.45, 2.75) is 13.3 Å². The van der Waals surface area contributed by atoms with Crippen molar-refractivity contribution >= 4 is 11.7 Å². The van der Waals surface area contributed by atoms with Crippen LogP contribution in [0.3, 0.4) is 0 Å². The molecule has 94 valence electrons. The summed E-state index contributed by atoms with van der Waals surface area (Å²) in [5.74, 6) is 0.106. The zero-order valence-electron chi connectivity index (χ0n) is 9.56. The first-order valence-corrected chi connectivity index (χ1v) is 4.90. The summed E-state index contributed by atoms with van der Waals surface area (Å²) < 4.78 is 24.6. The number of rotatable bonds is 4. The van der Waals surface area contributed by atoms with E-state index in [0.29, 0.717) is 11.3 Å². The first-order chi connectivity index (χ1) is 7.95. The lowest BCUT2D eigenvalue weighted by molar-refractivity contribution is 0.156. The van der Waals surface area contributed by atoms with E-state index in [4.69, 9.17) is 10.9 Å². The molecule has 0 aliphatic carbocycles. The first-order valence-electron chi connectivity index (χ1n) is 4.90. The van der Waals surface area contributed by atoms with Crippen molar-refractivity contribution in [1.29, 1.82) is 0 Å². The minimum absolute atomic E-state index is 0.159. The van der Waals surface area contributed by atoms with E-state index in [1.165, 1.54) is 11.9 Å². The number of aromatic nitrogens is 1. The average Bonchev–Trinajstić information content (AvgIpc) is 2.27. The molecule has 0 fully saturated rings. The molecule has 0 aliphatic heterocycles. The molecular formula is C10H14F2N4O. The Kier molecular flexibility index (Phi) is 4.19. The topological polar surface area (TPSA) is 74.7 Å². The molecule has 5 nitrogen and oxygen atoms in total. The zero-order valence-corrected chi connectivity index (χ0v) is 9.56. The Morgan fingerprint density at radius 2 is 2.24 bits per heavy atom. The number of nitrogens with two attached hydrogens (primary N) is 1. The molecule has 1 rings (SSSR count). The predicted octanol–water partition coefficient (Wildman–Crippen LogP) is 1.19. The maximum absolute atomic E-state index is 12.3. The number of hydrogen-bond acceptors (Lipinski definition) is 4. The Morgan fingerprint density at radius 3 is 2.76 bits per heavy atom. The van der Waals surface area contributed by atoms with Crippen LogP contribution in [0.4, 0.5) is 14.6 Å². The normalized spacial score (nSPS) is 11.9. The monoisotopic (exact) mass is 244 g/mol. The number of hydrogen-bond donors (Lipinski definition) is 2. The highest BCUT2D eigenvalue weighted by atomic mass is 19.3. The molecule has 0 aliphatic rings. The van der Waals surface area contributed by atoms with Crippen molar-refractivity contribution in [2.24, 2.45) is 10.9 Å². The molecule has 1 aromatic rings. The predicted molar refractivity (Wildman–Crippen MR) is 60.8 cm³/mol. The van der Waals surface area contributed by atoms with E-state index >= 15 is 0 Å². The molecule has 7 heteroatoms. The van der Waals surface area contributed by atoms with Gasteiger partial charge < -0.3 is 15.8 Å². The number of pyridine rings is 1. The number of alkyl halides is 2.